The van der Waals surface area contributed by atoms with E-state index in [9.17, 15) is 8.78 Å². The highest BCUT2D eigenvalue weighted by Crippen LogP contribution is 2.39. The predicted octanol–water partition coefficient (Wildman–Crippen LogP) is 5.32. The van der Waals surface area contributed by atoms with Crippen LogP contribution in [0.4, 0.5) is 8.78 Å². The molecule has 1 heterocycles. The van der Waals surface area contributed by atoms with Crippen molar-refractivity contribution in [3.63, 3.8) is 0 Å². The molecule has 4 nitrogen and oxygen atoms in total. The van der Waals surface area contributed by atoms with Gasteiger partial charge in [0.25, 0.3) is 0 Å². The van der Waals surface area contributed by atoms with Crippen LogP contribution in [0.5, 0.6) is 0 Å². The summed E-state index contributed by atoms with van der Waals surface area (Å²) in [5.41, 5.74) is 1.54. The van der Waals surface area contributed by atoms with Gasteiger partial charge in [0.15, 0.2) is 10.6 Å². The largest absolute Gasteiger partial charge is 0.297 e. The maximum absolute atomic E-state index is 14.5. The van der Waals surface area contributed by atoms with Crippen LogP contribution < -0.4 is 0 Å². The number of benzene rings is 2. The second kappa shape index (κ2) is 7.46. The van der Waals surface area contributed by atoms with Gasteiger partial charge in [-0.15, -0.1) is 0 Å². The summed E-state index contributed by atoms with van der Waals surface area (Å²) in [6, 6.07) is 14.1. The highest BCUT2D eigenvalue weighted by Gasteiger charge is 2.32. The molecule has 0 bridgehead atoms. The lowest BCUT2D eigenvalue weighted by atomic mass is 10.2. The van der Waals surface area contributed by atoms with Crippen LogP contribution in [0.15, 0.2) is 48.5 Å². The van der Waals surface area contributed by atoms with Gasteiger partial charge < -0.3 is 0 Å². The summed E-state index contributed by atoms with van der Waals surface area (Å²) in [4.78, 5) is 2.32. The van der Waals surface area contributed by atoms with Crippen LogP contribution in [0.25, 0.3) is 11.4 Å². The van der Waals surface area contributed by atoms with E-state index in [2.05, 4.69) is 4.90 Å². The Morgan fingerprint density at radius 1 is 1.00 bits per heavy atom. The van der Waals surface area contributed by atoms with E-state index in [1.807, 2.05) is 27.4 Å². The van der Waals surface area contributed by atoms with Crippen LogP contribution in [0, 0.1) is 16.4 Å². The molecule has 2 aliphatic rings. The van der Waals surface area contributed by atoms with Crippen molar-refractivity contribution in [2.45, 2.75) is 51.0 Å². The van der Waals surface area contributed by atoms with Gasteiger partial charge >= 0.3 is 0 Å². The number of hydrogen-bond acceptors (Lipinski definition) is 3. The van der Waals surface area contributed by atoms with Crippen LogP contribution in [-0.4, -0.2) is 25.3 Å². The van der Waals surface area contributed by atoms with E-state index in [0.29, 0.717) is 41.5 Å². The zero-order valence-corrected chi connectivity index (χ0v) is 16.8. The molecule has 5 rings (SSSR count). The summed E-state index contributed by atoms with van der Waals surface area (Å²) in [7, 11) is 0. The van der Waals surface area contributed by atoms with E-state index in [4.69, 9.17) is 17.3 Å². The average molecular weight is 413 g/mol. The molecule has 0 atom stereocenters. The minimum atomic E-state index is -0.285. The van der Waals surface area contributed by atoms with Gasteiger partial charge in [0.05, 0.1) is 12.2 Å². The maximum Gasteiger partial charge on any atom is 0.199 e. The Kier molecular flexibility index (Phi) is 4.80. The molecule has 7 heteroatoms. The van der Waals surface area contributed by atoms with Crippen molar-refractivity contribution in [2.24, 2.45) is 0 Å². The van der Waals surface area contributed by atoms with Gasteiger partial charge in [-0.05, 0) is 67.7 Å². The van der Waals surface area contributed by atoms with Crippen molar-refractivity contribution in [3.8, 4) is 11.4 Å². The number of hydrogen-bond donors (Lipinski definition) is 0. The minimum absolute atomic E-state index is 0.230. The summed E-state index contributed by atoms with van der Waals surface area (Å²) >= 11 is 5.74. The SMILES string of the molecule is Fc1ccc(CN(Cn2nc(-c3ccccc3F)n(C3CC3)c2=S)C2CC2)cc1. The molecule has 0 amide bonds. The quantitative estimate of drug-likeness (QED) is 0.492. The predicted molar refractivity (Wildman–Crippen MR) is 110 cm³/mol. The molecule has 0 saturated heterocycles. The first kappa shape index (κ1) is 18.6. The van der Waals surface area contributed by atoms with Crippen LogP contribution in [0.1, 0.15) is 37.3 Å². The minimum Gasteiger partial charge on any atom is -0.297 e. The molecule has 0 unspecified atom stereocenters. The first-order valence-corrected chi connectivity index (χ1v) is 10.4. The van der Waals surface area contributed by atoms with Crippen molar-refractivity contribution < 1.29 is 8.78 Å². The smallest absolute Gasteiger partial charge is 0.199 e. The first-order valence-electron chi connectivity index (χ1n) is 10.0. The van der Waals surface area contributed by atoms with Gasteiger partial charge in [0.1, 0.15) is 11.6 Å². The normalized spacial score (nSPS) is 16.5. The lowest BCUT2D eigenvalue weighted by Crippen LogP contribution is -2.29. The molecule has 150 valence electrons. The second-order valence-corrected chi connectivity index (χ2v) is 8.30. The van der Waals surface area contributed by atoms with Crippen molar-refractivity contribution in [2.75, 3.05) is 0 Å². The van der Waals surface area contributed by atoms with Gasteiger partial charge in [-0.3, -0.25) is 9.47 Å². The molecule has 0 spiro atoms. The first-order chi connectivity index (χ1) is 14.1. The van der Waals surface area contributed by atoms with E-state index in [1.165, 1.54) is 18.2 Å². The fourth-order valence-corrected chi connectivity index (χ4v) is 4.07. The fraction of sp³-hybridized carbons (Fsp3) is 0.364. The fourth-order valence-electron chi connectivity index (χ4n) is 3.73. The summed E-state index contributed by atoms with van der Waals surface area (Å²) < 4.78 is 32.2. The van der Waals surface area contributed by atoms with Crippen molar-refractivity contribution in [3.05, 3.63) is 70.5 Å². The van der Waals surface area contributed by atoms with Crippen LogP contribution in [0.3, 0.4) is 0 Å². The monoisotopic (exact) mass is 412 g/mol. The number of nitrogens with zero attached hydrogens (tertiary/aromatic N) is 4. The Morgan fingerprint density at radius 2 is 1.72 bits per heavy atom. The van der Waals surface area contributed by atoms with E-state index >= 15 is 0 Å². The topological polar surface area (TPSA) is 26.0 Å². The van der Waals surface area contributed by atoms with E-state index in [-0.39, 0.29) is 11.6 Å². The summed E-state index contributed by atoms with van der Waals surface area (Å²) in [5.74, 6) is 0.0895. The Hall–Kier alpha value is -2.38. The zero-order chi connectivity index (χ0) is 20.0. The molecule has 2 aromatic carbocycles. The van der Waals surface area contributed by atoms with Crippen LogP contribution in [0.2, 0.25) is 0 Å². The maximum atomic E-state index is 14.5. The van der Waals surface area contributed by atoms with Gasteiger partial charge in [-0.2, -0.15) is 5.10 Å². The zero-order valence-electron chi connectivity index (χ0n) is 16.0. The van der Waals surface area contributed by atoms with E-state index < -0.39 is 0 Å². The van der Waals surface area contributed by atoms with Gasteiger partial charge in [-0.25, -0.2) is 13.5 Å². The van der Waals surface area contributed by atoms with E-state index in [0.717, 1.165) is 31.2 Å². The molecule has 2 fully saturated rings. The Bertz CT molecular complexity index is 1080. The number of rotatable bonds is 7. The highest BCUT2D eigenvalue weighted by molar-refractivity contribution is 7.71. The molecule has 0 radical (unpaired) electrons. The second-order valence-electron chi connectivity index (χ2n) is 7.93. The van der Waals surface area contributed by atoms with Crippen LogP contribution in [-0.2, 0) is 13.2 Å². The molecule has 3 aromatic rings. The molecule has 0 aliphatic heterocycles. The molecule has 2 aliphatic carbocycles. The molecule has 2 saturated carbocycles. The van der Waals surface area contributed by atoms with Crippen LogP contribution >= 0.6 is 12.2 Å². The summed E-state index contributed by atoms with van der Waals surface area (Å²) in [5, 5.41) is 4.74. The number of halogens is 2. The molecular formula is C22H22F2N4S. The Balaban J connectivity index is 1.47. The standard InChI is InChI=1S/C22H22F2N4S/c23-16-7-5-15(6-8-16)13-26(17-9-10-17)14-27-22(29)28(18-11-12-18)21(25-27)19-3-1-2-4-20(19)24/h1-8,17-18H,9-14H2. The Morgan fingerprint density at radius 3 is 2.38 bits per heavy atom. The lowest BCUT2D eigenvalue weighted by Gasteiger charge is -2.21. The summed E-state index contributed by atoms with van der Waals surface area (Å²) in [6.07, 6.45) is 4.36. The van der Waals surface area contributed by atoms with Crippen molar-refractivity contribution >= 4 is 12.2 Å². The summed E-state index contributed by atoms with van der Waals surface area (Å²) in [6.45, 7) is 1.25. The van der Waals surface area contributed by atoms with Crippen molar-refractivity contribution in [1.29, 1.82) is 0 Å². The average Bonchev–Trinajstić information content (AvgIpc) is 3.62. The van der Waals surface area contributed by atoms with Gasteiger partial charge in [-0.1, -0.05) is 24.3 Å². The third-order valence-electron chi connectivity index (χ3n) is 5.58. The number of aromatic nitrogens is 3. The van der Waals surface area contributed by atoms with Gasteiger partial charge in [0.2, 0.25) is 0 Å². The lowest BCUT2D eigenvalue weighted by molar-refractivity contribution is 0.186. The molecule has 29 heavy (non-hydrogen) atoms. The molecule has 0 N–H and O–H groups in total. The van der Waals surface area contributed by atoms with Crippen molar-refractivity contribution in [1.82, 2.24) is 19.2 Å². The molecular weight excluding hydrogens is 390 g/mol. The molecule has 1 aromatic heterocycles. The Labute approximate surface area is 173 Å². The highest BCUT2D eigenvalue weighted by atomic mass is 32.1. The third-order valence-corrected chi connectivity index (χ3v) is 5.98. The van der Waals surface area contributed by atoms with Gasteiger partial charge in [0, 0.05) is 18.6 Å². The third kappa shape index (κ3) is 3.89. The van der Waals surface area contributed by atoms with E-state index in [1.54, 1.807) is 12.1 Å².